The fraction of sp³-hybridized carbons (Fsp3) is 1.00. The fourth-order valence-corrected chi connectivity index (χ4v) is 2.37. The molecular formula is C12H28N2O2S. The highest BCUT2D eigenvalue weighted by atomic mass is 32.2. The first kappa shape index (κ1) is 17.2. The number of rotatable bonds is 10. The lowest BCUT2D eigenvalue weighted by molar-refractivity contribution is -0.116. The van der Waals surface area contributed by atoms with Crippen molar-refractivity contribution in [3.05, 3.63) is 0 Å². The van der Waals surface area contributed by atoms with Crippen LogP contribution in [0.1, 0.15) is 19.8 Å². The smallest absolute Gasteiger partial charge is 0.158 e. The van der Waals surface area contributed by atoms with E-state index in [9.17, 15) is 0 Å². The van der Waals surface area contributed by atoms with Gasteiger partial charge < -0.3 is 15.2 Å². The fourth-order valence-electron chi connectivity index (χ4n) is 1.79. The summed E-state index contributed by atoms with van der Waals surface area (Å²) in [6, 6.07) is 0.835. The van der Waals surface area contributed by atoms with Crippen molar-refractivity contribution in [1.82, 2.24) is 4.90 Å². The maximum atomic E-state index is 5.84. The van der Waals surface area contributed by atoms with Crippen LogP contribution in [0.2, 0.25) is 0 Å². The molecule has 0 bridgehead atoms. The first-order valence-corrected chi connectivity index (χ1v) is 7.46. The van der Waals surface area contributed by atoms with Crippen molar-refractivity contribution >= 4 is 11.8 Å². The van der Waals surface area contributed by atoms with Gasteiger partial charge in [-0.2, -0.15) is 11.8 Å². The van der Waals surface area contributed by atoms with Crippen LogP contribution < -0.4 is 5.73 Å². The summed E-state index contributed by atoms with van der Waals surface area (Å²) in [5.41, 5.74) is 5.84. The minimum atomic E-state index is -0.168. The first-order valence-electron chi connectivity index (χ1n) is 6.07. The van der Waals surface area contributed by atoms with E-state index >= 15 is 0 Å². The average molecular weight is 264 g/mol. The van der Waals surface area contributed by atoms with Gasteiger partial charge in [0.15, 0.2) is 6.29 Å². The molecule has 0 spiro atoms. The molecule has 0 heterocycles. The topological polar surface area (TPSA) is 47.7 Å². The number of ether oxygens (including phenoxy) is 2. The van der Waals surface area contributed by atoms with Crippen LogP contribution in [0.15, 0.2) is 0 Å². The van der Waals surface area contributed by atoms with Gasteiger partial charge in [-0.15, -0.1) is 0 Å². The Morgan fingerprint density at radius 1 is 1.29 bits per heavy atom. The molecule has 0 aromatic carbocycles. The quantitative estimate of drug-likeness (QED) is 0.604. The van der Waals surface area contributed by atoms with Gasteiger partial charge in [0.25, 0.3) is 0 Å². The maximum Gasteiger partial charge on any atom is 0.158 e. The molecule has 2 atom stereocenters. The molecule has 0 aliphatic carbocycles. The van der Waals surface area contributed by atoms with E-state index in [0.717, 1.165) is 6.42 Å². The number of nitrogens with zero attached hydrogens (tertiary/aromatic N) is 1. The van der Waals surface area contributed by atoms with Crippen LogP contribution in [-0.4, -0.2) is 63.1 Å². The third-order valence-electron chi connectivity index (χ3n) is 3.27. The minimum Gasteiger partial charge on any atom is -0.356 e. The maximum absolute atomic E-state index is 5.84. The summed E-state index contributed by atoms with van der Waals surface area (Å²) >= 11 is 1.88. The number of hydrogen-bond acceptors (Lipinski definition) is 5. The molecule has 0 aromatic rings. The van der Waals surface area contributed by atoms with Crippen LogP contribution in [0.5, 0.6) is 0 Å². The molecule has 5 heteroatoms. The minimum absolute atomic E-state index is 0.168. The Morgan fingerprint density at radius 2 is 1.88 bits per heavy atom. The van der Waals surface area contributed by atoms with Crippen LogP contribution in [0.3, 0.4) is 0 Å². The number of likely N-dealkylation sites (N-methyl/N-ethyl adjacent to an activating group) is 1. The third kappa shape index (κ3) is 6.62. The average Bonchev–Trinajstić information content (AvgIpc) is 2.36. The largest absolute Gasteiger partial charge is 0.356 e. The Morgan fingerprint density at radius 3 is 2.29 bits per heavy atom. The monoisotopic (exact) mass is 264 g/mol. The summed E-state index contributed by atoms with van der Waals surface area (Å²) in [5.74, 6) is 1.18. The number of methoxy groups -OCH3 is 2. The lowest BCUT2D eigenvalue weighted by Crippen LogP contribution is -2.45. The molecular weight excluding hydrogens is 236 g/mol. The number of nitrogens with two attached hydrogens (primary N) is 1. The Labute approximate surface area is 110 Å². The van der Waals surface area contributed by atoms with E-state index < -0.39 is 0 Å². The van der Waals surface area contributed by atoms with Crippen molar-refractivity contribution < 1.29 is 9.47 Å². The zero-order valence-corrected chi connectivity index (χ0v) is 12.6. The summed E-state index contributed by atoms with van der Waals surface area (Å²) in [7, 11) is 5.46. The Kier molecular flexibility index (Phi) is 10.3. The lowest BCUT2D eigenvalue weighted by atomic mass is 10.1. The zero-order chi connectivity index (χ0) is 13.3. The summed E-state index contributed by atoms with van der Waals surface area (Å²) in [4.78, 5) is 2.33. The van der Waals surface area contributed by atoms with E-state index in [0.29, 0.717) is 18.6 Å². The summed E-state index contributed by atoms with van der Waals surface area (Å²) < 4.78 is 10.5. The number of thioether (sulfide) groups is 1. The molecule has 0 radical (unpaired) electrons. The molecule has 2 N–H and O–H groups in total. The van der Waals surface area contributed by atoms with Gasteiger partial charge in [0.05, 0.1) is 0 Å². The second kappa shape index (κ2) is 10.1. The van der Waals surface area contributed by atoms with Gasteiger partial charge in [0.1, 0.15) is 0 Å². The highest BCUT2D eigenvalue weighted by molar-refractivity contribution is 7.98. The van der Waals surface area contributed by atoms with E-state index in [2.05, 4.69) is 25.1 Å². The SMILES string of the molecule is COC(CC(CN)N(C)C(C)CCSC)OC. The zero-order valence-electron chi connectivity index (χ0n) is 11.8. The Hall–Kier alpha value is 0.190. The molecule has 0 aliphatic heterocycles. The van der Waals surface area contributed by atoms with E-state index in [1.165, 1.54) is 12.2 Å². The molecule has 17 heavy (non-hydrogen) atoms. The van der Waals surface area contributed by atoms with Gasteiger partial charge in [0.2, 0.25) is 0 Å². The predicted octanol–water partition coefficient (Wildman–Crippen LogP) is 1.40. The van der Waals surface area contributed by atoms with Gasteiger partial charge in [-0.25, -0.2) is 0 Å². The molecule has 2 unspecified atom stereocenters. The highest BCUT2D eigenvalue weighted by Gasteiger charge is 2.22. The van der Waals surface area contributed by atoms with Gasteiger partial charge >= 0.3 is 0 Å². The predicted molar refractivity (Wildman–Crippen MR) is 75.5 cm³/mol. The highest BCUT2D eigenvalue weighted by Crippen LogP contribution is 2.14. The van der Waals surface area contributed by atoms with Crippen LogP contribution in [-0.2, 0) is 9.47 Å². The Balaban J connectivity index is 4.22. The normalized spacial score (nSPS) is 15.5. The van der Waals surface area contributed by atoms with Crippen molar-refractivity contribution in [3.63, 3.8) is 0 Å². The van der Waals surface area contributed by atoms with Crippen LogP contribution in [0.25, 0.3) is 0 Å². The molecule has 104 valence electrons. The second-order valence-electron chi connectivity index (χ2n) is 4.32. The summed E-state index contributed by atoms with van der Waals surface area (Å²) in [6.07, 6.45) is 3.96. The molecule has 4 nitrogen and oxygen atoms in total. The van der Waals surface area contributed by atoms with Gasteiger partial charge in [-0.1, -0.05) is 0 Å². The Bertz CT molecular complexity index is 180. The second-order valence-corrected chi connectivity index (χ2v) is 5.31. The molecule has 0 saturated carbocycles. The van der Waals surface area contributed by atoms with Crippen molar-refractivity contribution in [1.29, 1.82) is 0 Å². The van der Waals surface area contributed by atoms with Crippen molar-refractivity contribution in [2.45, 2.75) is 38.1 Å². The van der Waals surface area contributed by atoms with E-state index in [4.69, 9.17) is 15.2 Å². The van der Waals surface area contributed by atoms with Crippen LogP contribution in [0.4, 0.5) is 0 Å². The molecule has 0 fully saturated rings. The summed E-state index contributed by atoms with van der Waals surface area (Å²) in [5, 5.41) is 0. The van der Waals surface area contributed by atoms with Gasteiger partial charge in [-0.3, -0.25) is 4.90 Å². The van der Waals surface area contributed by atoms with Crippen molar-refractivity contribution in [3.8, 4) is 0 Å². The lowest BCUT2D eigenvalue weighted by Gasteiger charge is -2.34. The molecule has 0 aliphatic rings. The van der Waals surface area contributed by atoms with Crippen LogP contribution >= 0.6 is 11.8 Å². The van der Waals surface area contributed by atoms with Crippen molar-refractivity contribution in [2.24, 2.45) is 5.73 Å². The van der Waals surface area contributed by atoms with E-state index in [-0.39, 0.29) is 6.29 Å². The third-order valence-corrected chi connectivity index (χ3v) is 3.92. The van der Waals surface area contributed by atoms with E-state index in [1.54, 1.807) is 14.2 Å². The van der Waals surface area contributed by atoms with Gasteiger partial charge in [-0.05, 0) is 32.4 Å². The van der Waals surface area contributed by atoms with Crippen LogP contribution in [0, 0.1) is 0 Å². The molecule has 0 aromatic heterocycles. The molecule has 0 saturated heterocycles. The van der Waals surface area contributed by atoms with Gasteiger partial charge in [0, 0.05) is 39.3 Å². The van der Waals surface area contributed by atoms with Crippen molar-refractivity contribution in [2.75, 3.05) is 39.8 Å². The standard InChI is InChI=1S/C12H28N2O2S/c1-10(6-7-17-5)14(2)11(9-13)8-12(15-3)16-4/h10-12H,6-9,13H2,1-5H3. The summed E-state index contributed by atoms with van der Waals surface area (Å²) in [6.45, 7) is 2.87. The number of hydrogen-bond donors (Lipinski definition) is 1. The van der Waals surface area contributed by atoms with E-state index in [1.807, 2.05) is 11.8 Å². The molecule has 0 amide bonds. The molecule has 0 rings (SSSR count). The first-order chi connectivity index (χ1) is 8.10.